The highest BCUT2D eigenvalue weighted by molar-refractivity contribution is 5.98. The molecule has 1 heterocycles. The van der Waals surface area contributed by atoms with Crippen LogP contribution in [-0.4, -0.2) is 64.4 Å². The van der Waals surface area contributed by atoms with Crippen molar-refractivity contribution >= 4 is 29.3 Å². The van der Waals surface area contributed by atoms with E-state index in [9.17, 15) is 24.3 Å². The molecule has 1 saturated heterocycles. The molecule has 4 amide bonds. The minimum atomic E-state index is -4.05. The van der Waals surface area contributed by atoms with Crippen LogP contribution in [0.5, 0.6) is 0 Å². The Bertz CT molecular complexity index is 1580. The molecular weight excluding hydrogens is 639 g/mol. The molecule has 49 heavy (non-hydrogen) atoms. The Morgan fingerprint density at radius 3 is 2.35 bits per heavy atom. The van der Waals surface area contributed by atoms with Crippen molar-refractivity contribution in [1.82, 2.24) is 15.5 Å². The number of hydrogen-bond donors (Lipinski definition) is 4. The fourth-order valence-electron chi connectivity index (χ4n) is 6.41. The van der Waals surface area contributed by atoms with Crippen LogP contribution in [0.1, 0.15) is 94.7 Å². The molecule has 1 aliphatic carbocycles. The molecule has 2 fully saturated rings. The first-order chi connectivity index (χ1) is 23.2. The number of anilines is 1. The maximum Gasteiger partial charge on any atom is 0.349 e. The minimum Gasteiger partial charge on any atom is -0.390 e. The number of nitrogens with zero attached hydrogens (tertiary/aromatic N) is 2. The maximum atomic E-state index is 15.6. The van der Waals surface area contributed by atoms with Gasteiger partial charge in [0.05, 0.1) is 22.9 Å². The van der Waals surface area contributed by atoms with Gasteiger partial charge in [-0.2, -0.15) is 14.0 Å². The topological polar surface area (TPSA) is 152 Å². The second kappa shape index (κ2) is 15.8. The van der Waals surface area contributed by atoms with Crippen molar-refractivity contribution in [3.8, 4) is 6.07 Å². The van der Waals surface area contributed by atoms with E-state index in [1.807, 2.05) is 0 Å². The van der Waals surface area contributed by atoms with Crippen molar-refractivity contribution in [3.63, 3.8) is 0 Å². The number of hydrogen-bond acceptors (Lipinski definition) is 6. The molecule has 2 aromatic carbocycles. The number of carbonyl (C=O) groups is 4. The normalized spacial score (nSPS) is 18.4. The zero-order valence-corrected chi connectivity index (χ0v) is 28.0. The summed E-state index contributed by atoms with van der Waals surface area (Å²) in [6, 6.07) is 7.81. The number of nitriles is 1. The Labute approximate surface area is 284 Å². The van der Waals surface area contributed by atoms with Crippen molar-refractivity contribution < 1.29 is 37.5 Å². The van der Waals surface area contributed by atoms with Crippen molar-refractivity contribution in [3.05, 3.63) is 65.0 Å². The third kappa shape index (κ3) is 9.17. The lowest BCUT2D eigenvalue weighted by atomic mass is 9.83. The standard InChI is InChI=1S/C36H44F3N5O5/c1-4-29(45)42-30(33(47)44-17-15-35(3,49)16-18-44)22(2)25-13-14-28(27(37)20-25)41-32(46)31(24-10-6-5-7-11-24)43-34(48)36(38,39)26-12-8-9-23(19-26)21-40/h8-9,12-14,19-20,22,24,30-31,49H,4-7,10-11,15-18H2,1-3H3,(H,41,46)(H,42,45)(H,43,48)/t22-,30+,31-/m0/s1. The molecule has 2 aliphatic rings. The number of alkyl halides is 2. The number of amides is 4. The first-order valence-electron chi connectivity index (χ1n) is 16.8. The largest absolute Gasteiger partial charge is 0.390 e. The lowest BCUT2D eigenvalue weighted by Crippen LogP contribution is -2.54. The summed E-state index contributed by atoms with van der Waals surface area (Å²) >= 11 is 0. The average Bonchev–Trinajstić information content (AvgIpc) is 3.09. The Morgan fingerprint density at radius 1 is 1.06 bits per heavy atom. The van der Waals surface area contributed by atoms with Crippen LogP contribution >= 0.6 is 0 Å². The lowest BCUT2D eigenvalue weighted by molar-refractivity contribution is -0.149. The summed E-state index contributed by atoms with van der Waals surface area (Å²) < 4.78 is 46.1. The van der Waals surface area contributed by atoms with Gasteiger partial charge in [-0.15, -0.1) is 0 Å². The van der Waals surface area contributed by atoms with Gasteiger partial charge in [-0.05, 0) is 68.4 Å². The van der Waals surface area contributed by atoms with E-state index in [0.717, 1.165) is 37.5 Å². The summed E-state index contributed by atoms with van der Waals surface area (Å²) in [6.07, 6.45) is 4.23. The van der Waals surface area contributed by atoms with Gasteiger partial charge in [0, 0.05) is 31.0 Å². The molecule has 0 bridgehead atoms. The molecule has 0 spiro atoms. The predicted molar refractivity (Wildman–Crippen MR) is 176 cm³/mol. The van der Waals surface area contributed by atoms with Gasteiger partial charge in [0.15, 0.2) is 0 Å². The van der Waals surface area contributed by atoms with E-state index in [2.05, 4.69) is 16.0 Å². The van der Waals surface area contributed by atoms with Crippen LogP contribution in [-0.2, 0) is 25.1 Å². The fourth-order valence-corrected chi connectivity index (χ4v) is 6.41. The molecule has 4 N–H and O–H groups in total. The number of benzene rings is 2. The molecule has 2 aromatic rings. The smallest absolute Gasteiger partial charge is 0.349 e. The van der Waals surface area contributed by atoms with Crippen molar-refractivity contribution in [2.24, 2.45) is 5.92 Å². The molecule has 0 radical (unpaired) electrons. The Balaban J connectivity index is 1.53. The van der Waals surface area contributed by atoms with E-state index in [1.54, 1.807) is 31.7 Å². The highest BCUT2D eigenvalue weighted by Crippen LogP contribution is 2.33. The molecule has 0 aromatic heterocycles. The monoisotopic (exact) mass is 683 g/mol. The van der Waals surface area contributed by atoms with Gasteiger partial charge in [-0.25, -0.2) is 4.39 Å². The van der Waals surface area contributed by atoms with Crippen LogP contribution in [0.2, 0.25) is 0 Å². The Hall–Kier alpha value is -4.44. The highest BCUT2D eigenvalue weighted by Gasteiger charge is 2.44. The molecule has 10 nitrogen and oxygen atoms in total. The van der Waals surface area contributed by atoms with Crippen LogP contribution < -0.4 is 16.0 Å². The van der Waals surface area contributed by atoms with Crippen LogP contribution in [0.4, 0.5) is 18.9 Å². The van der Waals surface area contributed by atoms with Gasteiger partial charge in [0.25, 0.3) is 5.91 Å². The molecule has 264 valence electrons. The molecule has 1 aliphatic heterocycles. The van der Waals surface area contributed by atoms with E-state index in [0.29, 0.717) is 44.3 Å². The molecule has 3 atom stereocenters. The molecular formula is C36H44F3N5O5. The summed E-state index contributed by atoms with van der Waals surface area (Å²) in [6.45, 7) is 5.62. The van der Waals surface area contributed by atoms with Gasteiger partial charge >= 0.3 is 5.92 Å². The summed E-state index contributed by atoms with van der Waals surface area (Å²) in [5, 5.41) is 26.8. The lowest BCUT2D eigenvalue weighted by Gasteiger charge is -2.38. The van der Waals surface area contributed by atoms with Crippen LogP contribution in [0.3, 0.4) is 0 Å². The van der Waals surface area contributed by atoms with E-state index in [4.69, 9.17) is 5.26 Å². The summed E-state index contributed by atoms with van der Waals surface area (Å²) in [5.74, 6) is -9.33. The maximum absolute atomic E-state index is 15.6. The van der Waals surface area contributed by atoms with E-state index in [-0.39, 0.29) is 29.5 Å². The Kier molecular flexibility index (Phi) is 12.1. The third-order valence-electron chi connectivity index (χ3n) is 9.66. The first kappa shape index (κ1) is 37.4. The molecule has 13 heteroatoms. The number of aliphatic hydroxyl groups is 1. The Morgan fingerprint density at radius 2 is 1.73 bits per heavy atom. The molecule has 1 saturated carbocycles. The van der Waals surface area contributed by atoms with E-state index < -0.39 is 58.6 Å². The fraction of sp³-hybridized carbons (Fsp3) is 0.528. The first-order valence-corrected chi connectivity index (χ1v) is 16.8. The number of rotatable bonds is 11. The second-order valence-corrected chi connectivity index (χ2v) is 13.4. The van der Waals surface area contributed by atoms with Gasteiger partial charge < -0.3 is 26.0 Å². The van der Waals surface area contributed by atoms with Gasteiger partial charge in [0.2, 0.25) is 17.7 Å². The molecule has 0 unspecified atom stereocenters. The van der Waals surface area contributed by atoms with Crippen molar-refractivity contribution in [1.29, 1.82) is 5.26 Å². The SMILES string of the molecule is CCC(=O)N[C@@H](C(=O)N1CCC(C)(O)CC1)[C@@H](C)c1ccc(NC(=O)[C@@H](NC(=O)C(F)(F)c2cccc(C#N)c2)C2CCCCC2)c(F)c1. The van der Waals surface area contributed by atoms with Gasteiger partial charge in [-0.1, -0.05) is 51.3 Å². The van der Waals surface area contributed by atoms with Crippen LogP contribution in [0, 0.1) is 23.1 Å². The summed E-state index contributed by atoms with van der Waals surface area (Å²) in [4.78, 5) is 54.0. The zero-order chi connectivity index (χ0) is 35.9. The van der Waals surface area contributed by atoms with Crippen molar-refractivity contribution in [2.45, 2.75) is 102 Å². The number of nitrogens with one attached hydrogen (secondary N) is 3. The van der Waals surface area contributed by atoms with E-state index >= 15 is 13.2 Å². The number of halogens is 3. The van der Waals surface area contributed by atoms with Gasteiger partial charge in [-0.3, -0.25) is 19.2 Å². The average molecular weight is 684 g/mol. The van der Waals surface area contributed by atoms with Crippen LogP contribution in [0.25, 0.3) is 0 Å². The number of likely N-dealkylation sites (tertiary alicyclic amines) is 1. The summed E-state index contributed by atoms with van der Waals surface area (Å²) in [7, 11) is 0. The minimum absolute atomic E-state index is 0.0519. The van der Waals surface area contributed by atoms with Crippen molar-refractivity contribution in [2.75, 3.05) is 18.4 Å². The molecule has 4 rings (SSSR count). The highest BCUT2D eigenvalue weighted by atomic mass is 19.3. The zero-order valence-electron chi connectivity index (χ0n) is 28.0. The quantitative estimate of drug-likeness (QED) is 0.266. The number of carbonyl (C=O) groups excluding carboxylic acids is 4. The predicted octanol–water partition coefficient (Wildman–Crippen LogP) is 4.86. The van der Waals surface area contributed by atoms with Crippen LogP contribution in [0.15, 0.2) is 42.5 Å². The summed E-state index contributed by atoms with van der Waals surface area (Å²) in [5.41, 5.74) is -1.52. The van der Waals surface area contributed by atoms with Gasteiger partial charge in [0.1, 0.15) is 17.9 Å². The third-order valence-corrected chi connectivity index (χ3v) is 9.66. The number of piperidine rings is 1. The second-order valence-electron chi connectivity index (χ2n) is 13.4. The van der Waals surface area contributed by atoms with E-state index in [1.165, 1.54) is 24.3 Å².